The molecule has 4 nitrogen and oxygen atoms in total. The van der Waals surface area contributed by atoms with E-state index in [4.69, 9.17) is 4.98 Å². The Morgan fingerprint density at radius 1 is 0.319 bits per heavy atom. The van der Waals surface area contributed by atoms with Crippen molar-refractivity contribution in [3.63, 3.8) is 0 Å². The number of aromatic nitrogens is 4. The van der Waals surface area contributed by atoms with Crippen LogP contribution in [0.25, 0.3) is 83.1 Å². The fourth-order valence-electron chi connectivity index (χ4n) is 7.37. The van der Waals surface area contributed by atoms with Crippen molar-refractivity contribution in [2.75, 3.05) is 0 Å². The number of benzene rings is 7. The van der Waals surface area contributed by atoms with Gasteiger partial charge in [0.15, 0.2) is 0 Å². The fraction of sp³-hybridized carbons (Fsp3) is 0. The minimum absolute atomic E-state index is 0.881. The molecule has 0 unspecified atom stereocenters. The third kappa shape index (κ3) is 3.85. The summed E-state index contributed by atoms with van der Waals surface area (Å²) in [6.45, 7) is 0. The largest absolute Gasteiger partial charge is 0.309 e. The van der Waals surface area contributed by atoms with Gasteiger partial charge in [0, 0.05) is 32.9 Å². The number of hydrogen-bond donors (Lipinski definition) is 0. The Morgan fingerprint density at radius 3 is 1.38 bits per heavy atom. The fourth-order valence-corrected chi connectivity index (χ4v) is 7.37. The molecule has 4 heteroatoms. The van der Waals surface area contributed by atoms with Gasteiger partial charge in [0.1, 0.15) is 0 Å². The zero-order valence-electron chi connectivity index (χ0n) is 25.5. The molecule has 0 radical (unpaired) electrons. The van der Waals surface area contributed by atoms with Crippen molar-refractivity contribution in [2.24, 2.45) is 0 Å². The normalized spacial score (nSPS) is 11.8. The topological polar surface area (TPSA) is 27.7 Å². The first kappa shape index (κ1) is 25.9. The number of hydrogen-bond acceptors (Lipinski definition) is 1. The molecule has 0 saturated carbocycles. The van der Waals surface area contributed by atoms with Gasteiger partial charge in [0.25, 0.3) is 0 Å². The van der Waals surface area contributed by atoms with Gasteiger partial charge in [0.2, 0.25) is 5.95 Å². The maximum Gasteiger partial charge on any atom is 0.220 e. The molecule has 0 spiro atoms. The number of fused-ring (bicyclic) bond motifs is 7. The maximum atomic E-state index is 5.23. The van der Waals surface area contributed by atoms with Gasteiger partial charge in [-0.05, 0) is 83.9 Å². The number of nitrogens with zero attached hydrogens (tertiary/aromatic N) is 4. The monoisotopic (exact) mass is 600 g/mol. The van der Waals surface area contributed by atoms with Gasteiger partial charge < -0.3 is 4.57 Å². The molecule has 7 aromatic carbocycles. The van der Waals surface area contributed by atoms with E-state index in [0.717, 1.165) is 33.7 Å². The predicted molar refractivity (Wildman–Crippen MR) is 195 cm³/mol. The van der Waals surface area contributed by atoms with Crippen LogP contribution in [-0.2, 0) is 0 Å². The third-order valence-electron chi connectivity index (χ3n) is 9.45. The molecule has 0 atom stereocenters. The SMILES string of the molecule is c1ccc(-n2c(-n3c4ccccc4c4cc(-c5ccc6c(c5)c5ccccc5n6-c5ccccc5)ccc43)nc3ccccc32)cc1. The first-order valence-electron chi connectivity index (χ1n) is 16.0. The Bertz CT molecular complexity index is 2780. The van der Waals surface area contributed by atoms with E-state index in [1.807, 2.05) is 0 Å². The van der Waals surface area contributed by atoms with Crippen LogP contribution in [0.1, 0.15) is 0 Å². The quantitative estimate of drug-likeness (QED) is 0.197. The Hall–Kier alpha value is -6.39. The third-order valence-corrected chi connectivity index (χ3v) is 9.45. The lowest BCUT2D eigenvalue weighted by atomic mass is 10.0. The zero-order chi connectivity index (χ0) is 30.9. The second-order valence-electron chi connectivity index (χ2n) is 12.1. The van der Waals surface area contributed by atoms with Gasteiger partial charge in [-0.15, -0.1) is 0 Å². The van der Waals surface area contributed by atoms with Gasteiger partial charge in [-0.25, -0.2) is 4.98 Å². The van der Waals surface area contributed by atoms with Gasteiger partial charge >= 0.3 is 0 Å². The number of para-hydroxylation sites is 6. The molecule has 3 heterocycles. The minimum Gasteiger partial charge on any atom is -0.309 e. The van der Waals surface area contributed by atoms with Crippen molar-refractivity contribution in [1.29, 1.82) is 0 Å². The highest BCUT2D eigenvalue weighted by Crippen LogP contribution is 2.39. The van der Waals surface area contributed by atoms with Crippen LogP contribution in [-0.4, -0.2) is 18.7 Å². The Kier molecular flexibility index (Phi) is 5.54. The maximum absolute atomic E-state index is 5.23. The van der Waals surface area contributed by atoms with E-state index >= 15 is 0 Å². The molecule has 0 amide bonds. The summed E-state index contributed by atoms with van der Waals surface area (Å²) in [4.78, 5) is 5.23. The molecule has 220 valence electrons. The van der Waals surface area contributed by atoms with Gasteiger partial charge in [-0.1, -0.05) is 97.1 Å². The molecule has 0 fully saturated rings. The van der Waals surface area contributed by atoms with Crippen molar-refractivity contribution in [1.82, 2.24) is 18.7 Å². The minimum atomic E-state index is 0.881. The van der Waals surface area contributed by atoms with Gasteiger partial charge in [0.05, 0.1) is 33.1 Å². The smallest absolute Gasteiger partial charge is 0.220 e. The summed E-state index contributed by atoms with van der Waals surface area (Å²) in [5.74, 6) is 0.881. The van der Waals surface area contributed by atoms with Crippen molar-refractivity contribution in [3.8, 4) is 28.5 Å². The summed E-state index contributed by atoms with van der Waals surface area (Å²) >= 11 is 0. The molecule has 10 rings (SSSR count). The highest BCUT2D eigenvalue weighted by atomic mass is 15.2. The highest BCUT2D eigenvalue weighted by molar-refractivity contribution is 6.12. The van der Waals surface area contributed by atoms with Crippen LogP contribution in [0.4, 0.5) is 0 Å². The van der Waals surface area contributed by atoms with E-state index in [1.54, 1.807) is 0 Å². The van der Waals surface area contributed by atoms with Crippen LogP contribution in [0.5, 0.6) is 0 Å². The lowest BCUT2D eigenvalue weighted by Crippen LogP contribution is -2.05. The second-order valence-corrected chi connectivity index (χ2v) is 12.1. The molecule has 0 bridgehead atoms. The van der Waals surface area contributed by atoms with E-state index in [-0.39, 0.29) is 0 Å². The molecule has 0 N–H and O–H groups in total. The molecular formula is C43H28N4. The van der Waals surface area contributed by atoms with E-state index in [1.165, 1.54) is 49.4 Å². The Balaban J connectivity index is 1.20. The summed E-state index contributed by atoms with van der Waals surface area (Å²) in [5, 5.41) is 4.92. The Morgan fingerprint density at radius 2 is 0.766 bits per heavy atom. The summed E-state index contributed by atoms with van der Waals surface area (Å²) in [5.41, 5.74) is 11.4. The van der Waals surface area contributed by atoms with Crippen LogP contribution in [0, 0.1) is 0 Å². The number of imidazole rings is 1. The molecule has 47 heavy (non-hydrogen) atoms. The molecule has 0 saturated heterocycles. The summed E-state index contributed by atoms with van der Waals surface area (Å²) in [7, 11) is 0. The predicted octanol–water partition coefficient (Wildman–Crippen LogP) is 10.9. The molecule has 3 aromatic heterocycles. The summed E-state index contributed by atoms with van der Waals surface area (Å²) in [6.07, 6.45) is 0. The summed E-state index contributed by atoms with van der Waals surface area (Å²) < 4.78 is 6.95. The molecule has 0 aliphatic heterocycles. The Labute approximate surface area is 271 Å². The van der Waals surface area contributed by atoms with Crippen LogP contribution < -0.4 is 0 Å². The van der Waals surface area contributed by atoms with Crippen LogP contribution >= 0.6 is 0 Å². The van der Waals surface area contributed by atoms with E-state index < -0.39 is 0 Å². The highest BCUT2D eigenvalue weighted by Gasteiger charge is 2.20. The standard InChI is InChI=1S/C43H28N4/c1-3-13-31(14-4-1)45-38-20-10-7-17-33(38)35-27-29(23-25-40(35)45)30-24-26-41-36(28-30)34-18-8-11-21-39(34)47(41)43-44-37-19-9-12-22-42(37)46(43)32-15-5-2-6-16-32/h1-28H. The first-order valence-corrected chi connectivity index (χ1v) is 16.0. The van der Waals surface area contributed by atoms with Crippen LogP contribution in [0.2, 0.25) is 0 Å². The molecule has 0 aliphatic carbocycles. The first-order chi connectivity index (χ1) is 23.3. The van der Waals surface area contributed by atoms with E-state index in [0.29, 0.717) is 0 Å². The van der Waals surface area contributed by atoms with E-state index in [9.17, 15) is 0 Å². The van der Waals surface area contributed by atoms with Crippen LogP contribution in [0.3, 0.4) is 0 Å². The zero-order valence-corrected chi connectivity index (χ0v) is 25.5. The molecular weight excluding hydrogens is 573 g/mol. The van der Waals surface area contributed by atoms with Crippen molar-refractivity contribution >= 4 is 54.6 Å². The average molecular weight is 601 g/mol. The van der Waals surface area contributed by atoms with Crippen molar-refractivity contribution < 1.29 is 0 Å². The number of rotatable bonds is 4. The second kappa shape index (κ2) is 10.1. The van der Waals surface area contributed by atoms with Crippen LogP contribution in [0.15, 0.2) is 170 Å². The lowest BCUT2D eigenvalue weighted by molar-refractivity contribution is 0.956. The molecule has 0 aliphatic rings. The van der Waals surface area contributed by atoms with Crippen molar-refractivity contribution in [2.45, 2.75) is 0 Å². The average Bonchev–Trinajstić information content (AvgIpc) is 3.79. The molecule has 10 aromatic rings. The summed E-state index contributed by atoms with van der Waals surface area (Å²) in [6, 6.07) is 60.6. The van der Waals surface area contributed by atoms with Gasteiger partial charge in [-0.2, -0.15) is 0 Å². The van der Waals surface area contributed by atoms with Crippen molar-refractivity contribution in [3.05, 3.63) is 170 Å². The van der Waals surface area contributed by atoms with E-state index in [2.05, 4.69) is 184 Å². The van der Waals surface area contributed by atoms with Gasteiger partial charge in [-0.3, -0.25) is 9.13 Å². The lowest BCUT2D eigenvalue weighted by Gasteiger charge is -2.12.